The van der Waals surface area contributed by atoms with Gasteiger partial charge in [-0.05, 0) is 61.7 Å². The van der Waals surface area contributed by atoms with Gasteiger partial charge in [0.25, 0.3) is 11.8 Å². The number of primary amides is 1. The van der Waals surface area contributed by atoms with Gasteiger partial charge in [0.2, 0.25) is 0 Å². The standard InChI is InChI=1S/C20H22ClN3O3/c21-14-4-9-18(17(12-14)20(22)26)27-13-19(25)23-15-5-7-16(8-6-15)24-10-2-1-3-11-24/h4-9,12H,1-3,10-11,13H2,(H2,22,26)(H,23,25). The molecule has 27 heavy (non-hydrogen) atoms. The number of piperidine rings is 1. The SMILES string of the molecule is NC(=O)c1cc(Cl)ccc1OCC(=O)Nc1ccc(N2CCCCC2)cc1. The Hall–Kier alpha value is -2.73. The van der Waals surface area contributed by atoms with Crippen LogP contribution in [0, 0.1) is 0 Å². The highest BCUT2D eigenvalue weighted by Crippen LogP contribution is 2.23. The fourth-order valence-corrected chi connectivity index (χ4v) is 3.24. The maximum Gasteiger partial charge on any atom is 0.262 e. The Morgan fingerprint density at radius 1 is 1.07 bits per heavy atom. The highest BCUT2D eigenvalue weighted by atomic mass is 35.5. The smallest absolute Gasteiger partial charge is 0.262 e. The van der Waals surface area contributed by atoms with Crippen LogP contribution in [0.25, 0.3) is 0 Å². The highest BCUT2D eigenvalue weighted by Gasteiger charge is 2.13. The van der Waals surface area contributed by atoms with Crippen molar-refractivity contribution in [3.05, 3.63) is 53.1 Å². The number of anilines is 2. The van der Waals surface area contributed by atoms with Crippen LogP contribution >= 0.6 is 11.6 Å². The van der Waals surface area contributed by atoms with Crippen molar-refractivity contribution in [3.8, 4) is 5.75 Å². The molecular weight excluding hydrogens is 366 g/mol. The van der Waals surface area contributed by atoms with Crippen LogP contribution in [0.1, 0.15) is 29.6 Å². The van der Waals surface area contributed by atoms with Crippen LogP contribution in [0.15, 0.2) is 42.5 Å². The monoisotopic (exact) mass is 387 g/mol. The Labute approximate surface area is 163 Å². The van der Waals surface area contributed by atoms with Gasteiger partial charge < -0.3 is 20.7 Å². The zero-order valence-corrected chi connectivity index (χ0v) is 15.7. The van der Waals surface area contributed by atoms with Crippen molar-refractivity contribution in [1.82, 2.24) is 0 Å². The van der Waals surface area contributed by atoms with Crippen molar-refractivity contribution in [2.24, 2.45) is 5.73 Å². The number of halogens is 1. The van der Waals surface area contributed by atoms with E-state index in [1.807, 2.05) is 24.3 Å². The van der Waals surface area contributed by atoms with Crippen LogP contribution in [-0.4, -0.2) is 31.5 Å². The van der Waals surface area contributed by atoms with Crippen molar-refractivity contribution in [3.63, 3.8) is 0 Å². The number of hydrogen-bond donors (Lipinski definition) is 2. The third kappa shape index (κ3) is 5.14. The minimum Gasteiger partial charge on any atom is -0.483 e. The second-order valence-corrected chi connectivity index (χ2v) is 6.87. The molecule has 0 atom stereocenters. The number of hydrogen-bond acceptors (Lipinski definition) is 4. The van der Waals surface area contributed by atoms with Crippen LogP contribution in [0.2, 0.25) is 5.02 Å². The largest absolute Gasteiger partial charge is 0.483 e. The number of nitrogens with two attached hydrogens (primary N) is 1. The fourth-order valence-electron chi connectivity index (χ4n) is 3.07. The molecule has 2 amide bonds. The maximum absolute atomic E-state index is 12.1. The topological polar surface area (TPSA) is 84.7 Å². The lowest BCUT2D eigenvalue weighted by atomic mass is 10.1. The molecule has 0 unspecified atom stereocenters. The lowest BCUT2D eigenvalue weighted by Crippen LogP contribution is -2.29. The first-order valence-electron chi connectivity index (χ1n) is 8.90. The number of nitrogens with zero attached hydrogens (tertiary/aromatic N) is 1. The molecule has 142 valence electrons. The van der Waals surface area contributed by atoms with E-state index in [1.54, 1.807) is 6.07 Å². The summed E-state index contributed by atoms with van der Waals surface area (Å²) in [6, 6.07) is 12.3. The first-order valence-corrected chi connectivity index (χ1v) is 9.28. The molecule has 1 saturated heterocycles. The summed E-state index contributed by atoms with van der Waals surface area (Å²) >= 11 is 5.85. The summed E-state index contributed by atoms with van der Waals surface area (Å²) in [5, 5.41) is 3.15. The van der Waals surface area contributed by atoms with E-state index in [0.717, 1.165) is 18.8 Å². The Balaban J connectivity index is 1.56. The minimum absolute atomic E-state index is 0.140. The Morgan fingerprint density at radius 3 is 2.44 bits per heavy atom. The molecule has 0 aliphatic carbocycles. The number of carbonyl (C=O) groups excluding carboxylic acids is 2. The van der Waals surface area contributed by atoms with E-state index in [-0.39, 0.29) is 23.8 Å². The predicted molar refractivity (Wildman–Crippen MR) is 107 cm³/mol. The van der Waals surface area contributed by atoms with Gasteiger partial charge in [-0.3, -0.25) is 9.59 Å². The lowest BCUT2D eigenvalue weighted by molar-refractivity contribution is -0.118. The van der Waals surface area contributed by atoms with E-state index < -0.39 is 5.91 Å². The van der Waals surface area contributed by atoms with Crippen LogP contribution in [0.3, 0.4) is 0 Å². The first kappa shape index (κ1) is 19.0. The van der Waals surface area contributed by atoms with Gasteiger partial charge >= 0.3 is 0 Å². The number of amides is 2. The molecular formula is C20H22ClN3O3. The van der Waals surface area contributed by atoms with Crippen LogP contribution in [-0.2, 0) is 4.79 Å². The zero-order chi connectivity index (χ0) is 19.2. The van der Waals surface area contributed by atoms with Crippen molar-refractivity contribution in [2.45, 2.75) is 19.3 Å². The van der Waals surface area contributed by atoms with Gasteiger partial charge in [-0.2, -0.15) is 0 Å². The minimum atomic E-state index is -0.666. The van der Waals surface area contributed by atoms with Crippen molar-refractivity contribution < 1.29 is 14.3 Å². The van der Waals surface area contributed by atoms with Crippen molar-refractivity contribution >= 4 is 34.8 Å². The summed E-state index contributed by atoms with van der Waals surface area (Å²) in [6.07, 6.45) is 3.72. The number of rotatable bonds is 6. The molecule has 0 saturated carbocycles. The van der Waals surface area contributed by atoms with Gasteiger partial charge in [-0.15, -0.1) is 0 Å². The van der Waals surface area contributed by atoms with E-state index in [4.69, 9.17) is 22.1 Å². The Kier molecular flexibility index (Phi) is 6.19. The molecule has 0 radical (unpaired) electrons. The first-order chi connectivity index (χ1) is 13.0. The van der Waals surface area contributed by atoms with E-state index in [2.05, 4.69) is 10.2 Å². The third-order valence-electron chi connectivity index (χ3n) is 4.44. The van der Waals surface area contributed by atoms with Crippen LogP contribution in [0.5, 0.6) is 5.75 Å². The Bertz CT molecular complexity index is 818. The molecule has 6 nitrogen and oxygen atoms in total. The molecule has 0 spiro atoms. The molecule has 7 heteroatoms. The fraction of sp³-hybridized carbons (Fsp3) is 0.300. The maximum atomic E-state index is 12.1. The second-order valence-electron chi connectivity index (χ2n) is 6.44. The molecule has 1 aliphatic heterocycles. The van der Waals surface area contributed by atoms with Gasteiger partial charge in [0, 0.05) is 29.5 Å². The quantitative estimate of drug-likeness (QED) is 0.795. The van der Waals surface area contributed by atoms with Crippen LogP contribution in [0.4, 0.5) is 11.4 Å². The molecule has 3 rings (SSSR count). The van der Waals surface area contributed by atoms with Crippen molar-refractivity contribution in [2.75, 3.05) is 29.9 Å². The van der Waals surface area contributed by atoms with Gasteiger partial charge in [0.05, 0.1) is 5.56 Å². The second kappa shape index (κ2) is 8.77. The third-order valence-corrected chi connectivity index (χ3v) is 4.67. The summed E-state index contributed by atoms with van der Waals surface area (Å²) in [7, 11) is 0. The van der Waals surface area contributed by atoms with E-state index in [0.29, 0.717) is 10.7 Å². The number of carbonyl (C=O) groups is 2. The number of benzene rings is 2. The van der Waals surface area contributed by atoms with E-state index >= 15 is 0 Å². The lowest BCUT2D eigenvalue weighted by Gasteiger charge is -2.28. The molecule has 1 heterocycles. The molecule has 2 aromatic carbocycles. The summed E-state index contributed by atoms with van der Waals surface area (Å²) < 4.78 is 5.43. The zero-order valence-electron chi connectivity index (χ0n) is 14.9. The summed E-state index contributed by atoms with van der Waals surface area (Å²) in [6.45, 7) is 1.90. The molecule has 2 aromatic rings. The highest BCUT2D eigenvalue weighted by molar-refractivity contribution is 6.31. The average Bonchev–Trinajstić information content (AvgIpc) is 2.68. The molecule has 0 aromatic heterocycles. The number of nitrogens with one attached hydrogen (secondary N) is 1. The molecule has 3 N–H and O–H groups in total. The summed E-state index contributed by atoms with van der Waals surface area (Å²) in [4.78, 5) is 25.9. The van der Waals surface area contributed by atoms with Gasteiger partial charge in [-0.25, -0.2) is 0 Å². The molecule has 1 aliphatic rings. The van der Waals surface area contributed by atoms with E-state index in [9.17, 15) is 9.59 Å². The number of ether oxygens (including phenoxy) is 1. The van der Waals surface area contributed by atoms with Crippen molar-refractivity contribution in [1.29, 1.82) is 0 Å². The predicted octanol–water partition coefficient (Wildman–Crippen LogP) is 3.45. The molecule has 1 fully saturated rings. The van der Waals surface area contributed by atoms with Crippen LogP contribution < -0.4 is 20.7 Å². The van der Waals surface area contributed by atoms with Gasteiger partial charge in [-0.1, -0.05) is 11.6 Å². The van der Waals surface area contributed by atoms with Gasteiger partial charge in [0.1, 0.15) is 5.75 Å². The average molecular weight is 388 g/mol. The Morgan fingerprint density at radius 2 is 1.78 bits per heavy atom. The van der Waals surface area contributed by atoms with Gasteiger partial charge in [0.15, 0.2) is 6.61 Å². The summed E-state index contributed by atoms with van der Waals surface area (Å²) in [5.74, 6) is -0.769. The van der Waals surface area contributed by atoms with E-state index in [1.165, 1.54) is 31.4 Å². The molecule has 0 bridgehead atoms. The normalized spacial score (nSPS) is 13.9. The summed E-state index contributed by atoms with van der Waals surface area (Å²) in [5.41, 5.74) is 7.30.